The number of hydrogen-bond acceptors (Lipinski definition) is 5. The Labute approximate surface area is 128 Å². The summed E-state index contributed by atoms with van der Waals surface area (Å²) in [4.78, 5) is 14.2. The molecule has 0 aliphatic carbocycles. The van der Waals surface area contributed by atoms with Crippen LogP contribution in [0.1, 0.15) is 17.8 Å². The number of benzene rings is 1. The Morgan fingerprint density at radius 2 is 2.36 bits per heavy atom. The lowest BCUT2D eigenvalue weighted by molar-refractivity contribution is -0.117. The summed E-state index contributed by atoms with van der Waals surface area (Å²) in [5, 5.41) is 16.9. The first-order valence-electron chi connectivity index (χ1n) is 7.22. The Balaban J connectivity index is 1.57. The summed E-state index contributed by atoms with van der Waals surface area (Å²) < 4.78 is 0. The molecular weight excluding hydrogens is 280 g/mol. The van der Waals surface area contributed by atoms with Crippen LogP contribution in [0.5, 0.6) is 0 Å². The maximum absolute atomic E-state index is 12.2. The van der Waals surface area contributed by atoms with Crippen LogP contribution in [0.25, 0.3) is 5.57 Å². The zero-order chi connectivity index (χ0) is 15.4. The van der Waals surface area contributed by atoms with Gasteiger partial charge in [0.25, 0.3) is 0 Å². The minimum atomic E-state index is -0.0139. The Morgan fingerprint density at radius 1 is 1.45 bits per heavy atom. The average molecular weight is 298 g/mol. The predicted octanol–water partition coefficient (Wildman–Crippen LogP) is 1.24. The van der Waals surface area contributed by atoms with Gasteiger partial charge >= 0.3 is 0 Å². The quantitative estimate of drug-likeness (QED) is 0.886. The summed E-state index contributed by atoms with van der Waals surface area (Å²) in [6.45, 7) is 3.86. The molecule has 0 fully saturated rings. The SMILES string of the molecule is Cc1cccc(NC(=O)CN2CCC=C(c3nn[nH]n3)C2)c1. The highest BCUT2D eigenvalue weighted by molar-refractivity contribution is 5.92. The Kier molecular flexibility index (Phi) is 4.24. The Hall–Kier alpha value is -2.54. The van der Waals surface area contributed by atoms with Crippen molar-refractivity contribution in [3.05, 3.63) is 41.7 Å². The minimum Gasteiger partial charge on any atom is -0.325 e. The third-order valence-corrected chi connectivity index (χ3v) is 3.53. The van der Waals surface area contributed by atoms with Crippen LogP contribution in [0.4, 0.5) is 5.69 Å². The number of rotatable bonds is 4. The highest BCUT2D eigenvalue weighted by Crippen LogP contribution is 2.16. The smallest absolute Gasteiger partial charge is 0.238 e. The van der Waals surface area contributed by atoms with Crippen molar-refractivity contribution in [1.29, 1.82) is 0 Å². The highest BCUT2D eigenvalue weighted by atomic mass is 16.2. The van der Waals surface area contributed by atoms with E-state index in [0.29, 0.717) is 18.9 Å². The molecule has 7 heteroatoms. The number of amides is 1. The van der Waals surface area contributed by atoms with Crippen molar-refractivity contribution in [3.8, 4) is 0 Å². The first kappa shape index (κ1) is 14.4. The van der Waals surface area contributed by atoms with Gasteiger partial charge in [0.15, 0.2) is 0 Å². The molecule has 2 N–H and O–H groups in total. The van der Waals surface area contributed by atoms with Crippen molar-refractivity contribution in [2.75, 3.05) is 25.0 Å². The molecule has 0 spiro atoms. The number of hydrogen-bond donors (Lipinski definition) is 2. The van der Waals surface area contributed by atoms with E-state index in [2.05, 4.69) is 36.9 Å². The fraction of sp³-hybridized carbons (Fsp3) is 0.333. The van der Waals surface area contributed by atoms with E-state index in [-0.39, 0.29) is 5.91 Å². The number of aryl methyl sites for hydroxylation is 1. The van der Waals surface area contributed by atoms with E-state index in [1.54, 1.807) is 0 Å². The number of tetrazole rings is 1. The third kappa shape index (κ3) is 3.56. The molecule has 2 heterocycles. The van der Waals surface area contributed by atoms with Gasteiger partial charge in [-0.2, -0.15) is 5.21 Å². The minimum absolute atomic E-state index is 0.0139. The largest absolute Gasteiger partial charge is 0.325 e. The first-order valence-corrected chi connectivity index (χ1v) is 7.22. The van der Waals surface area contributed by atoms with E-state index < -0.39 is 0 Å². The van der Waals surface area contributed by atoms with Gasteiger partial charge in [-0.1, -0.05) is 18.2 Å². The molecule has 1 aliphatic rings. The van der Waals surface area contributed by atoms with Crippen molar-refractivity contribution < 1.29 is 4.79 Å². The molecular formula is C15H18N6O. The Bertz CT molecular complexity index is 679. The second-order valence-corrected chi connectivity index (χ2v) is 5.38. The molecule has 7 nitrogen and oxygen atoms in total. The molecule has 0 saturated carbocycles. The second-order valence-electron chi connectivity index (χ2n) is 5.38. The molecule has 0 unspecified atom stereocenters. The summed E-state index contributed by atoms with van der Waals surface area (Å²) >= 11 is 0. The van der Waals surface area contributed by atoms with Gasteiger partial charge in [0.1, 0.15) is 0 Å². The fourth-order valence-electron chi connectivity index (χ4n) is 2.53. The lowest BCUT2D eigenvalue weighted by Crippen LogP contribution is -2.36. The van der Waals surface area contributed by atoms with Crippen LogP contribution in [0.3, 0.4) is 0 Å². The molecule has 1 aromatic carbocycles. The van der Waals surface area contributed by atoms with E-state index in [0.717, 1.165) is 29.8 Å². The van der Waals surface area contributed by atoms with Crippen molar-refractivity contribution in [2.45, 2.75) is 13.3 Å². The van der Waals surface area contributed by atoms with Gasteiger partial charge in [0.05, 0.1) is 6.54 Å². The molecule has 1 aliphatic heterocycles. The number of carbonyl (C=O) groups is 1. The van der Waals surface area contributed by atoms with Crippen LogP contribution in [0, 0.1) is 6.92 Å². The van der Waals surface area contributed by atoms with Crippen LogP contribution in [-0.4, -0.2) is 51.1 Å². The predicted molar refractivity (Wildman–Crippen MR) is 83.0 cm³/mol. The lowest BCUT2D eigenvalue weighted by atomic mass is 10.1. The number of H-pyrrole nitrogens is 1. The van der Waals surface area contributed by atoms with Gasteiger partial charge in [-0.25, -0.2) is 0 Å². The normalized spacial score (nSPS) is 15.4. The van der Waals surface area contributed by atoms with Gasteiger partial charge in [-0.15, -0.1) is 10.2 Å². The molecule has 0 atom stereocenters. The van der Waals surface area contributed by atoms with E-state index in [1.807, 2.05) is 31.2 Å². The number of nitrogens with zero attached hydrogens (tertiary/aromatic N) is 4. The van der Waals surface area contributed by atoms with Gasteiger partial charge in [-0.3, -0.25) is 9.69 Å². The number of aromatic amines is 1. The molecule has 0 radical (unpaired) electrons. The summed E-state index contributed by atoms with van der Waals surface area (Å²) in [7, 11) is 0. The van der Waals surface area contributed by atoms with E-state index in [4.69, 9.17) is 0 Å². The lowest BCUT2D eigenvalue weighted by Gasteiger charge is -2.25. The van der Waals surface area contributed by atoms with Crippen LogP contribution in [0.2, 0.25) is 0 Å². The fourth-order valence-corrected chi connectivity index (χ4v) is 2.53. The zero-order valence-electron chi connectivity index (χ0n) is 12.4. The molecule has 2 aromatic rings. The summed E-state index contributed by atoms with van der Waals surface area (Å²) in [6, 6.07) is 7.79. The van der Waals surface area contributed by atoms with Crippen molar-refractivity contribution in [1.82, 2.24) is 25.5 Å². The van der Waals surface area contributed by atoms with Crippen LogP contribution in [0.15, 0.2) is 30.3 Å². The van der Waals surface area contributed by atoms with Crippen LogP contribution < -0.4 is 5.32 Å². The monoisotopic (exact) mass is 298 g/mol. The third-order valence-electron chi connectivity index (χ3n) is 3.53. The van der Waals surface area contributed by atoms with E-state index in [1.165, 1.54) is 0 Å². The molecule has 0 saturated heterocycles. The molecule has 22 heavy (non-hydrogen) atoms. The van der Waals surface area contributed by atoms with Crippen molar-refractivity contribution in [3.63, 3.8) is 0 Å². The number of anilines is 1. The second kappa shape index (κ2) is 6.48. The van der Waals surface area contributed by atoms with Gasteiger partial charge in [-0.05, 0) is 36.3 Å². The van der Waals surface area contributed by atoms with Crippen LogP contribution >= 0.6 is 0 Å². The Morgan fingerprint density at radius 3 is 3.14 bits per heavy atom. The first-order chi connectivity index (χ1) is 10.7. The van der Waals surface area contributed by atoms with E-state index >= 15 is 0 Å². The van der Waals surface area contributed by atoms with Gasteiger partial charge in [0.2, 0.25) is 11.7 Å². The number of aromatic nitrogens is 4. The van der Waals surface area contributed by atoms with Crippen molar-refractivity contribution >= 4 is 17.2 Å². The maximum atomic E-state index is 12.2. The van der Waals surface area contributed by atoms with Gasteiger partial charge < -0.3 is 5.32 Å². The average Bonchev–Trinajstić information content (AvgIpc) is 3.01. The van der Waals surface area contributed by atoms with Crippen molar-refractivity contribution in [2.24, 2.45) is 0 Å². The maximum Gasteiger partial charge on any atom is 0.238 e. The number of carbonyl (C=O) groups excluding carboxylic acids is 1. The summed E-state index contributed by atoms with van der Waals surface area (Å²) in [5.41, 5.74) is 2.96. The molecule has 114 valence electrons. The summed E-state index contributed by atoms with van der Waals surface area (Å²) in [6.07, 6.45) is 2.97. The zero-order valence-corrected chi connectivity index (χ0v) is 12.4. The molecule has 0 bridgehead atoms. The topological polar surface area (TPSA) is 86.8 Å². The molecule has 1 aromatic heterocycles. The van der Waals surface area contributed by atoms with Crippen LogP contribution in [-0.2, 0) is 4.79 Å². The highest BCUT2D eigenvalue weighted by Gasteiger charge is 2.18. The standard InChI is InChI=1S/C15H18N6O/c1-11-4-2-6-13(8-11)16-14(22)10-21-7-3-5-12(9-21)15-17-19-20-18-15/h2,4-6,8H,3,7,9-10H2,1H3,(H,16,22)(H,17,18,19,20). The molecule has 3 rings (SSSR count). The number of nitrogens with one attached hydrogen (secondary N) is 2. The summed E-state index contributed by atoms with van der Waals surface area (Å²) in [5.74, 6) is 0.587. The molecule has 1 amide bonds. The van der Waals surface area contributed by atoms with E-state index in [9.17, 15) is 4.79 Å². The van der Waals surface area contributed by atoms with Gasteiger partial charge in [0, 0.05) is 24.4 Å².